The third-order valence-electron chi connectivity index (χ3n) is 4.77. The Bertz CT molecular complexity index is 1110. The molecular formula is C23H24ClFN4O2. The van der Waals surface area contributed by atoms with Crippen LogP contribution in [0.5, 0.6) is 0 Å². The number of nitrogens with two attached hydrogens (primary N) is 1. The third kappa shape index (κ3) is 5.92. The van der Waals surface area contributed by atoms with E-state index in [0.29, 0.717) is 29.2 Å². The maximum Gasteiger partial charge on any atom is 0.292 e. The average molecular weight is 443 g/mol. The van der Waals surface area contributed by atoms with E-state index in [4.69, 9.17) is 21.9 Å². The summed E-state index contributed by atoms with van der Waals surface area (Å²) in [5.41, 5.74) is 9.53. The zero-order valence-electron chi connectivity index (χ0n) is 17.4. The molecule has 8 heteroatoms. The molecular weight excluding hydrogens is 419 g/mol. The predicted molar refractivity (Wildman–Crippen MR) is 119 cm³/mol. The molecule has 0 atom stereocenters. The minimum atomic E-state index is -0.462. The molecule has 0 unspecified atom stereocenters. The molecule has 1 heterocycles. The summed E-state index contributed by atoms with van der Waals surface area (Å²) in [4.78, 5) is 16.5. The molecule has 0 bridgehead atoms. The van der Waals surface area contributed by atoms with Crippen LogP contribution in [-0.2, 0) is 6.42 Å². The first-order valence-corrected chi connectivity index (χ1v) is 10.4. The number of nitrogens with one attached hydrogen (secondary N) is 1. The van der Waals surface area contributed by atoms with E-state index in [9.17, 15) is 9.18 Å². The lowest BCUT2D eigenvalue weighted by Gasteiger charge is -2.12. The lowest BCUT2D eigenvalue weighted by molar-refractivity contribution is 0.0941. The van der Waals surface area contributed by atoms with Gasteiger partial charge in [0.15, 0.2) is 0 Å². The number of benzene rings is 2. The standard InChI is InChI=1S/C23H24ClFN4O2/c1-3-4-15(19-12-17(24)7-5-14(19)2)9-10-27-23(30)22-28-21(31-29-22)11-16-6-8-18(26)13-20(16)25/h4-8,12-13H,3,9-11,26H2,1-2H3,(H,27,30)/b15-4-. The second kappa shape index (κ2) is 10.2. The van der Waals surface area contributed by atoms with Crippen molar-refractivity contribution < 1.29 is 13.7 Å². The van der Waals surface area contributed by atoms with Crippen molar-refractivity contribution in [1.29, 1.82) is 0 Å². The number of rotatable bonds is 8. The zero-order valence-corrected chi connectivity index (χ0v) is 18.2. The number of aryl methyl sites for hydroxylation is 1. The predicted octanol–water partition coefficient (Wildman–Crippen LogP) is 4.96. The highest BCUT2D eigenvalue weighted by molar-refractivity contribution is 6.30. The second-order valence-corrected chi connectivity index (χ2v) is 7.58. The van der Waals surface area contributed by atoms with Crippen LogP contribution in [0.3, 0.4) is 0 Å². The van der Waals surface area contributed by atoms with E-state index in [0.717, 1.165) is 23.1 Å². The van der Waals surface area contributed by atoms with Gasteiger partial charge in [-0.3, -0.25) is 4.79 Å². The van der Waals surface area contributed by atoms with E-state index in [-0.39, 0.29) is 18.1 Å². The molecule has 0 aliphatic rings. The van der Waals surface area contributed by atoms with Gasteiger partial charge in [-0.25, -0.2) is 4.39 Å². The van der Waals surface area contributed by atoms with Gasteiger partial charge in [0.05, 0.1) is 6.42 Å². The van der Waals surface area contributed by atoms with Crippen molar-refractivity contribution in [3.63, 3.8) is 0 Å². The molecule has 0 aliphatic heterocycles. The summed E-state index contributed by atoms with van der Waals surface area (Å²) in [7, 11) is 0. The molecule has 1 aromatic heterocycles. The van der Waals surface area contributed by atoms with E-state index >= 15 is 0 Å². The van der Waals surface area contributed by atoms with Crippen molar-refractivity contribution in [3.05, 3.63) is 81.7 Å². The van der Waals surface area contributed by atoms with E-state index in [2.05, 4.69) is 28.5 Å². The molecule has 0 aliphatic carbocycles. The summed E-state index contributed by atoms with van der Waals surface area (Å²) in [6.07, 6.45) is 3.69. The van der Waals surface area contributed by atoms with Gasteiger partial charge in [-0.2, -0.15) is 4.98 Å². The maximum atomic E-state index is 13.9. The van der Waals surface area contributed by atoms with Crippen molar-refractivity contribution in [2.75, 3.05) is 12.3 Å². The number of aromatic nitrogens is 2. The zero-order chi connectivity index (χ0) is 22.4. The summed E-state index contributed by atoms with van der Waals surface area (Å²) in [5, 5.41) is 7.17. The van der Waals surface area contributed by atoms with E-state index in [1.165, 1.54) is 6.07 Å². The minimum Gasteiger partial charge on any atom is -0.399 e. The van der Waals surface area contributed by atoms with Gasteiger partial charge in [-0.05, 0) is 66.3 Å². The van der Waals surface area contributed by atoms with Gasteiger partial charge in [0.1, 0.15) is 5.82 Å². The number of carbonyl (C=O) groups excluding carboxylic acids is 1. The lowest BCUT2D eigenvalue weighted by atomic mass is 9.97. The van der Waals surface area contributed by atoms with Crippen molar-refractivity contribution >= 4 is 28.8 Å². The van der Waals surface area contributed by atoms with Crippen LogP contribution in [-0.4, -0.2) is 22.6 Å². The molecule has 3 rings (SSSR count). The molecule has 0 fully saturated rings. The van der Waals surface area contributed by atoms with Gasteiger partial charge in [-0.15, -0.1) is 0 Å². The highest BCUT2D eigenvalue weighted by atomic mass is 35.5. The van der Waals surface area contributed by atoms with Crippen molar-refractivity contribution in [3.8, 4) is 0 Å². The Hall–Kier alpha value is -3.19. The number of carbonyl (C=O) groups is 1. The SMILES string of the molecule is CC/C=C(/CCNC(=O)c1noc(Cc2ccc(N)cc2F)n1)c1cc(Cl)ccc1C. The smallest absolute Gasteiger partial charge is 0.292 e. The van der Waals surface area contributed by atoms with Crippen LogP contribution in [0.4, 0.5) is 10.1 Å². The molecule has 0 saturated heterocycles. The molecule has 0 saturated carbocycles. The van der Waals surface area contributed by atoms with Gasteiger partial charge < -0.3 is 15.6 Å². The molecule has 3 N–H and O–H groups in total. The first-order valence-electron chi connectivity index (χ1n) is 9.97. The summed E-state index contributed by atoms with van der Waals surface area (Å²) in [5.74, 6) is -0.858. The maximum absolute atomic E-state index is 13.9. The number of nitrogens with zero attached hydrogens (tertiary/aromatic N) is 2. The van der Waals surface area contributed by atoms with Gasteiger partial charge in [0.25, 0.3) is 11.7 Å². The molecule has 3 aromatic rings. The summed E-state index contributed by atoms with van der Waals surface area (Å²) < 4.78 is 19.0. The van der Waals surface area contributed by atoms with Crippen LogP contribution in [0.2, 0.25) is 5.02 Å². The van der Waals surface area contributed by atoms with Gasteiger partial charge >= 0.3 is 0 Å². The second-order valence-electron chi connectivity index (χ2n) is 7.14. The lowest BCUT2D eigenvalue weighted by Crippen LogP contribution is -2.25. The molecule has 0 radical (unpaired) electrons. The van der Waals surface area contributed by atoms with Crippen LogP contribution < -0.4 is 11.1 Å². The van der Waals surface area contributed by atoms with Crippen molar-refractivity contribution in [2.24, 2.45) is 0 Å². The Kier molecular flexibility index (Phi) is 7.41. The fourth-order valence-electron chi connectivity index (χ4n) is 3.21. The number of allylic oxidation sites excluding steroid dienone is 1. The Morgan fingerprint density at radius 3 is 2.84 bits per heavy atom. The Morgan fingerprint density at radius 2 is 2.10 bits per heavy atom. The average Bonchev–Trinajstić information content (AvgIpc) is 3.20. The third-order valence-corrected chi connectivity index (χ3v) is 5.00. The molecule has 31 heavy (non-hydrogen) atoms. The first kappa shape index (κ1) is 22.5. The van der Waals surface area contributed by atoms with E-state index < -0.39 is 11.7 Å². The van der Waals surface area contributed by atoms with Crippen LogP contribution >= 0.6 is 11.6 Å². The van der Waals surface area contributed by atoms with Crippen molar-refractivity contribution in [2.45, 2.75) is 33.1 Å². The highest BCUT2D eigenvalue weighted by Crippen LogP contribution is 2.25. The number of hydrogen-bond acceptors (Lipinski definition) is 5. The normalized spacial score (nSPS) is 11.5. The summed E-state index contributed by atoms with van der Waals surface area (Å²) in [6, 6.07) is 10.1. The van der Waals surface area contributed by atoms with E-state index in [1.807, 2.05) is 25.1 Å². The quantitative estimate of drug-likeness (QED) is 0.481. The topological polar surface area (TPSA) is 94.0 Å². The van der Waals surface area contributed by atoms with E-state index in [1.54, 1.807) is 12.1 Å². The molecule has 2 aromatic carbocycles. The molecule has 162 valence electrons. The fraction of sp³-hybridized carbons (Fsp3) is 0.261. The Balaban J connectivity index is 1.60. The van der Waals surface area contributed by atoms with Gasteiger partial charge in [0.2, 0.25) is 5.89 Å². The van der Waals surface area contributed by atoms with Crippen LogP contribution in [0, 0.1) is 12.7 Å². The monoisotopic (exact) mass is 442 g/mol. The van der Waals surface area contributed by atoms with Crippen LogP contribution in [0.25, 0.3) is 5.57 Å². The first-order chi connectivity index (χ1) is 14.9. The molecule has 0 spiro atoms. The largest absolute Gasteiger partial charge is 0.399 e. The number of hydrogen-bond donors (Lipinski definition) is 2. The minimum absolute atomic E-state index is 0.0732. The molecule has 1 amide bonds. The number of nitrogen functional groups attached to an aromatic ring is 1. The number of anilines is 1. The number of amides is 1. The Morgan fingerprint density at radius 1 is 1.29 bits per heavy atom. The summed E-state index contributed by atoms with van der Waals surface area (Å²) >= 11 is 6.15. The van der Waals surface area contributed by atoms with Crippen molar-refractivity contribution in [1.82, 2.24) is 15.5 Å². The fourth-order valence-corrected chi connectivity index (χ4v) is 3.38. The molecule has 6 nitrogen and oxygen atoms in total. The van der Waals surface area contributed by atoms with Gasteiger partial charge in [0, 0.05) is 17.3 Å². The van der Waals surface area contributed by atoms with Crippen LogP contribution in [0.1, 0.15) is 53.0 Å². The number of halogens is 2. The van der Waals surface area contributed by atoms with Gasteiger partial charge in [-0.1, -0.05) is 41.9 Å². The van der Waals surface area contributed by atoms with Crippen LogP contribution in [0.15, 0.2) is 47.0 Å². The summed E-state index contributed by atoms with van der Waals surface area (Å²) in [6.45, 7) is 4.48. The highest BCUT2D eigenvalue weighted by Gasteiger charge is 2.16. The Labute approximate surface area is 185 Å².